The van der Waals surface area contributed by atoms with E-state index in [1.54, 1.807) is 30.5 Å². The molecule has 1 aliphatic heterocycles. The summed E-state index contributed by atoms with van der Waals surface area (Å²) in [5.41, 5.74) is 5.84. The minimum absolute atomic E-state index is 0.00733. The lowest BCUT2D eigenvalue weighted by Crippen LogP contribution is -2.49. The molecular weight excluding hydrogens is 510 g/mol. The van der Waals surface area contributed by atoms with Gasteiger partial charge in [0.25, 0.3) is 0 Å². The maximum atomic E-state index is 12.5. The van der Waals surface area contributed by atoms with E-state index in [2.05, 4.69) is 15.4 Å². The third-order valence-electron chi connectivity index (χ3n) is 7.06. The molecule has 0 unspecified atom stereocenters. The summed E-state index contributed by atoms with van der Waals surface area (Å²) in [4.78, 5) is 40.6. The summed E-state index contributed by atoms with van der Waals surface area (Å²) in [6.07, 6.45) is 3.51. The van der Waals surface area contributed by atoms with Crippen molar-refractivity contribution in [2.45, 2.75) is 95.9 Å². The Kier molecular flexibility index (Phi) is 9.03. The molecule has 2 aliphatic rings. The normalized spacial score (nSPS) is 26.3. The van der Waals surface area contributed by atoms with E-state index in [1.807, 2.05) is 0 Å². The minimum Gasteiger partial charge on any atom is -0.461 e. The summed E-state index contributed by atoms with van der Waals surface area (Å²) < 4.78 is 30.6. The largest absolute Gasteiger partial charge is 0.461 e. The molecule has 1 saturated carbocycles. The van der Waals surface area contributed by atoms with Gasteiger partial charge in [0, 0.05) is 13.8 Å². The lowest BCUT2D eigenvalue weighted by Gasteiger charge is -2.30. The Bertz CT molecular complexity index is 1180. The molecule has 0 amide bonds. The molecule has 1 aliphatic carbocycles. The number of rotatable bonds is 10. The van der Waals surface area contributed by atoms with Crippen LogP contribution in [-0.2, 0) is 38.1 Å². The van der Waals surface area contributed by atoms with Gasteiger partial charge in [-0.25, -0.2) is 9.50 Å². The van der Waals surface area contributed by atoms with Gasteiger partial charge in [0.15, 0.2) is 18.0 Å². The van der Waals surface area contributed by atoms with Gasteiger partial charge in [-0.15, -0.1) is 0 Å². The SMILES string of the molecule is CC(=O)O[C@H]1[C@H](c2ccc3c(N)ncnn23)O[C@](C)(COCN[C@@H](C)C(=O)OC2CCCCC2)[C@H]1OC(C)=O. The second-order valence-electron chi connectivity index (χ2n) is 10.3. The summed E-state index contributed by atoms with van der Waals surface area (Å²) in [6.45, 7) is 5.91. The Labute approximate surface area is 226 Å². The first-order chi connectivity index (χ1) is 18.6. The lowest BCUT2D eigenvalue weighted by atomic mass is 9.96. The average Bonchev–Trinajstić information content (AvgIpc) is 3.42. The van der Waals surface area contributed by atoms with Crippen molar-refractivity contribution in [2.24, 2.45) is 0 Å². The number of nitrogens with two attached hydrogens (primary N) is 1. The van der Waals surface area contributed by atoms with Gasteiger partial charge >= 0.3 is 17.9 Å². The number of nitrogens with one attached hydrogen (secondary N) is 1. The van der Waals surface area contributed by atoms with Crippen LogP contribution in [0.5, 0.6) is 0 Å². The van der Waals surface area contributed by atoms with Gasteiger partial charge in [-0.1, -0.05) is 6.42 Å². The molecule has 4 rings (SSSR count). The molecule has 13 heteroatoms. The van der Waals surface area contributed by atoms with Gasteiger partial charge in [0.05, 0.1) is 19.0 Å². The van der Waals surface area contributed by atoms with Crippen molar-refractivity contribution in [1.82, 2.24) is 19.9 Å². The molecule has 13 nitrogen and oxygen atoms in total. The van der Waals surface area contributed by atoms with E-state index >= 15 is 0 Å². The van der Waals surface area contributed by atoms with Crippen molar-refractivity contribution in [3.63, 3.8) is 0 Å². The maximum Gasteiger partial charge on any atom is 0.323 e. The predicted molar refractivity (Wildman–Crippen MR) is 137 cm³/mol. The van der Waals surface area contributed by atoms with Gasteiger partial charge in [-0.2, -0.15) is 5.10 Å². The van der Waals surface area contributed by atoms with Crippen LogP contribution >= 0.6 is 0 Å². The molecule has 0 bridgehead atoms. The summed E-state index contributed by atoms with van der Waals surface area (Å²) in [7, 11) is 0. The smallest absolute Gasteiger partial charge is 0.323 e. The van der Waals surface area contributed by atoms with Crippen molar-refractivity contribution < 1.29 is 38.1 Å². The Morgan fingerprint density at radius 1 is 1.15 bits per heavy atom. The van der Waals surface area contributed by atoms with Crippen molar-refractivity contribution in [2.75, 3.05) is 19.1 Å². The number of hydrogen-bond donors (Lipinski definition) is 2. The molecule has 5 atom stereocenters. The molecule has 3 N–H and O–H groups in total. The number of carbonyl (C=O) groups excluding carboxylic acids is 3. The first kappa shape index (κ1) is 28.7. The fraction of sp³-hybridized carbons (Fsp3) is 0.654. The summed E-state index contributed by atoms with van der Waals surface area (Å²) >= 11 is 0. The second-order valence-corrected chi connectivity index (χ2v) is 10.3. The number of anilines is 1. The van der Waals surface area contributed by atoms with E-state index in [-0.39, 0.29) is 31.2 Å². The van der Waals surface area contributed by atoms with Crippen LogP contribution in [0.4, 0.5) is 5.82 Å². The molecule has 214 valence electrons. The average molecular weight is 548 g/mol. The molecule has 39 heavy (non-hydrogen) atoms. The van der Waals surface area contributed by atoms with Gasteiger partial charge in [-0.3, -0.25) is 19.7 Å². The quantitative estimate of drug-likeness (QED) is 0.192. The highest BCUT2D eigenvalue weighted by Crippen LogP contribution is 2.44. The zero-order valence-electron chi connectivity index (χ0n) is 22.8. The number of ether oxygens (including phenoxy) is 5. The summed E-state index contributed by atoms with van der Waals surface area (Å²) in [6, 6.07) is 2.89. The molecule has 0 radical (unpaired) electrons. The highest BCUT2D eigenvalue weighted by molar-refractivity contribution is 5.75. The predicted octanol–water partition coefficient (Wildman–Crippen LogP) is 1.83. The maximum absolute atomic E-state index is 12.5. The molecule has 0 spiro atoms. The van der Waals surface area contributed by atoms with Gasteiger partial charge in [0.2, 0.25) is 0 Å². The van der Waals surface area contributed by atoms with Crippen LogP contribution in [0, 0.1) is 0 Å². The van der Waals surface area contributed by atoms with Crippen LogP contribution in [0.3, 0.4) is 0 Å². The van der Waals surface area contributed by atoms with E-state index < -0.39 is 41.9 Å². The number of aromatic nitrogens is 3. The van der Waals surface area contributed by atoms with Crippen LogP contribution in [0.15, 0.2) is 18.5 Å². The third kappa shape index (κ3) is 6.65. The van der Waals surface area contributed by atoms with Crippen molar-refractivity contribution in [3.8, 4) is 0 Å². The van der Waals surface area contributed by atoms with Gasteiger partial charge in [-0.05, 0) is 51.7 Å². The van der Waals surface area contributed by atoms with E-state index in [0.717, 1.165) is 25.7 Å². The fourth-order valence-corrected chi connectivity index (χ4v) is 5.12. The summed E-state index contributed by atoms with van der Waals surface area (Å²) in [5.74, 6) is -1.21. The Balaban J connectivity index is 1.46. The zero-order valence-corrected chi connectivity index (χ0v) is 22.8. The minimum atomic E-state index is -1.22. The van der Waals surface area contributed by atoms with Crippen LogP contribution in [-0.4, -0.2) is 75.8 Å². The van der Waals surface area contributed by atoms with E-state index in [4.69, 9.17) is 29.4 Å². The molecule has 3 heterocycles. The number of esters is 3. The first-order valence-corrected chi connectivity index (χ1v) is 13.2. The standard InChI is InChI=1S/C26H37N5O8/c1-15(25(34)38-18-8-6-5-7-9-18)29-14-35-12-26(4)23(37-17(3)33)22(36-16(2)32)21(39-26)19-10-11-20-24(27)28-13-30-31(19)20/h10-11,13,15,18,21-23,29H,5-9,12,14H2,1-4H3,(H2,27,28,30)/t15-,21-,22-,23-,26+/m0/s1. The van der Waals surface area contributed by atoms with E-state index in [9.17, 15) is 14.4 Å². The monoisotopic (exact) mass is 547 g/mol. The van der Waals surface area contributed by atoms with Crippen LogP contribution in [0.1, 0.15) is 71.6 Å². The number of nitrogen functional groups attached to an aromatic ring is 1. The summed E-state index contributed by atoms with van der Waals surface area (Å²) in [5, 5.41) is 7.26. The second kappa shape index (κ2) is 12.3. The highest BCUT2D eigenvalue weighted by atomic mass is 16.7. The molecule has 1 saturated heterocycles. The van der Waals surface area contributed by atoms with Crippen LogP contribution in [0.25, 0.3) is 5.52 Å². The van der Waals surface area contributed by atoms with Crippen molar-refractivity contribution >= 4 is 29.2 Å². The lowest BCUT2D eigenvalue weighted by molar-refractivity contribution is -0.172. The molecule has 2 aromatic rings. The highest BCUT2D eigenvalue weighted by Gasteiger charge is 2.57. The zero-order chi connectivity index (χ0) is 28.2. The van der Waals surface area contributed by atoms with E-state index in [1.165, 1.54) is 26.6 Å². The number of nitrogens with zero attached hydrogens (tertiary/aromatic N) is 3. The van der Waals surface area contributed by atoms with Crippen molar-refractivity contribution in [1.29, 1.82) is 0 Å². The Morgan fingerprint density at radius 2 is 1.87 bits per heavy atom. The molecule has 0 aromatic carbocycles. The van der Waals surface area contributed by atoms with Gasteiger partial charge < -0.3 is 29.4 Å². The molecular formula is C26H37N5O8. The van der Waals surface area contributed by atoms with Crippen LogP contribution < -0.4 is 11.1 Å². The first-order valence-electron chi connectivity index (χ1n) is 13.2. The van der Waals surface area contributed by atoms with Gasteiger partial charge in [0.1, 0.15) is 35.7 Å². The fourth-order valence-electron chi connectivity index (χ4n) is 5.12. The topological polar surface area (TPSA) is 166 Å². The molecule has 2 aromatic heterocycles. The number of carbonyl (C=O) groups is 3. The Hall–Kier alpha value is -3.29. The third-order valence-corrected chi connectivity index (χ3v) is 7.06. The van der Waals surface area contributed by atoms with E-state index in [0.29, 0.717) is 11.2 Å². The number of hydrogen-bond acceptors (Lipinski definition) is 12. The Morgan fingerprint density at radius 3 is 2.56 bits per heavy atom. The molecule has 2 fully saturated rings. The number of fused-ring (bicyclic) bond motifs is 1. The van der Waals surface area contributed by atoms with Crippen molar-refractivity contribution in [3.05, 3.63) is 24.2 Å². The van der Waals surface area contributed by atoms with Crippen LogP contribution in [0.2, 0.25) is 0 Å².